The summed E-state index contributed by atoms with van der Waals surface area (Å²) in [5.41, 5.74) is 3.97. The summed E-state index contributed by atoms with van der Waals surface area (Å²) in [5, 5.41) is 17.0. The fourth-order valence-corrected chi connectivity index (χ4v) is 5.32. The average Bonchev–Trinajstić information content (AvgIpc) is 3.20. The maximum absolute atomic E-state index is 12.8. The van der Waals surface area contributed by atoms with E-state index < -0.39 is 46.6 Å². The number of carboxylic acid groups (broad SMARTS) is 1. The van der Waals surface area contributed by atoms with Crippen molar-refractivity contribution in [3.8, 4) is 0 Å². The first-order valence-electron chi connectivity index (χ1n) is 9.78. The lowest BCUT2D eigenvalue weighted by molar-refractivity contribution is -0.156. The number of aliphatic carboxylic acids is 1. The molecule has 2 unspecified atom stereocenters. The van der Waals surface area contributed by atoms with Crippen LogP contribution in [0, 0.1) is 5.41 Å². The van der Waals surface area contributed by atoms with Gasteiger partial charge in [0.2, 0.25) is 5.91 Å². The van der Waals surface area contributed by atoms with Crippen molar-refractivity contribution in [2.75, 3.05) is 24.6 Å². The molecule has 0 saturated carbocycles. The second kappa shape index (κ2) is 10.2. The minimum atomic E-state index is -1.37. The van der Waals surface area contributed by atoms with Crippen LogP contribution in [-0.4, -0.2) is 80.7 Å². The topological polar surface area (TPSA) is 191 Å². The Hall–Kier alpha value is -3.46. The van der Waals surface area contributed by atoms with Gasteiger partial charge in [0.1, 0.15) is 29.1 Å². The number of hydrogen-bond acceptors (Lipinski definition) is 12. The summed E-state index contributed by atoms with van der Waals surface area (Å²) in [6, 6.07) is -0.937. The Labute approximate surface area is 201 Å². The van der Waals surface area contributed by atoms with Gasteiger partial charge in [0.15, 0.2) is 10.8 Å². The SMILES string of the molecule is CC(=O)OCC=CC1(C(=O)O)CS[C@@H]2C(NC(=O)C(=NOC(C)=O)c3csc(N)n3)C(=O)N2C1. The smallest absolute Gasteiger partial charge is 0.332 e. The van der Waals surface area contributed by atoms with Gasteiger partial charge in [0.05, 0.1) is 0 Å². The van der Waals surface area contributed by atoms with Gasteiger partial charge >= 0.3 is 17.9 Å². The molecule has 1 aromatic heterocycles. The molecule has 4 N–H and O–H groups in total. The molecule has 0 aromatic carbocycles. The van der Waals surface area contributed by atoms with Crippen molar-refractivity contribution >= 4 is 63.7 Å². The van der Waals surface area contributed by atoms with Crippen molar-refractivity contribution < 1.29 is 38.7 Å². The number of nitrogens with zero attached hydrogens (tertiary/aromatic N) is 3. The standard InChI is InChI=1S/C19H21N5O8S2/c1-9(25)31-5-3-4-19(17(29)30)7-24-15(28)13(16(24)34-8-19)22-14(27)12(23-32-10(2)26)11-6-33-18(20)21-11/h3-4,6,13,16H,5,7-8H2,1-2H3,(H2,20,21)(H,22,27)(H,29,30)/t13?,16-,19?/m1/s1. The van der Waals surface area contributed by atoms with Gasteiger partial charge in [-0.3, -0.25) is 19.2 Å². The molecule has 0 bridgehead atoms. The number of fused-ring (bicyclic) bond motifs is 1. The number of anilines is 1. The van der Waals surface area contributed by atoms with Crippen molar-refractivity contribution in [3.05, 3.63) is 23.2 Å². The number of β-lactam (4-membered cyclic amide) rings is 1. The highest BCUT2D eigenvalue weighted by Gasteiger charge is 2.56. The van der Waals surface area contributed by atoms with Gasteiger partial charge in [0.25, 0.3) is 5.91 Å². The highest BCUT2D eigenvalue weighted by Crippen LogP contribution is 2.43. The molecule has 13 nitrogen and oxygen atoms in total. The minimum Gasteiger partial charge on any atom is -0.481 e. The van der Waals surface area contributed by atoms with Gasteiger partial charge in [-0.25, -0.2) is 9.78 Å². The Morgan fingerprint density at radius 3 is 2.71 bits per heavy atom. The number of thioether (sulfide) groups is 1. The normalized spacial score (nSPS) is 24.2. The van der Waals surface area contributed by atoms with Gasteiger partial charge < -0.3 is 30.6 Å². The zero-order valence-electron chi connectivity index (χ0n) is 18.0. The average molecular weight is 512 g/mol. The van der Waals surface area contributed by atoms with E-state index >= 15 is 0 Å². The number of nitrogen functional groups attached to an aromatic ring is 1. The van der Waals surface area contributed by atoms with Gasteiger partial charge in [-0.15, -0.1) is 23.1 Å². The fraction of sp³-hybridized carbons (Fsp3) is 0.421. The molecule has 2 fully saturated rings. The third kappa shape index (κ3) is 5.36. The Bertz CT molecular complexity index is 1090. The number of carboxylic acids is 1. The molecule has 182 valence electrons. The third-order valence-corrected chi connectivity index (χ3v) is 7.11. The van der Waals surface area contributed by atoms with Gasteiger partial charge in [-0.2, -0.15) is 0 Å². The number of carbonyl (C=O) groups excluding carboxylic acids is 4. The largest absolute Gasteiger partial charge is 0.481 e. The molecule has 3 heterocycles. The highest BCUT2D eigenvalue weighted by atomic mass is 32.2. The van der Waals surface area contributed by atoms with Crippen LogP contribution in [0.15, 0.2) is 22.7 Å². The van der Waals surface area contributed by atoms with E-state index in [1.54, 1.807) is 0 Å². The first-order valence-corrected chi connectivity index (χ1v) is 11.7. The fourth-order valence-electron chi connectivity index (χ4n) is 3.26. The van der Waals surface area contributed by atoms with E-state index in [0.717, 1.165) is 18.3 Å². The van der Waals surface area contributed by atoms with E-state index in [0.29, 0.717) is 0 Å². The van der Waals surface area contributed by atoms with Crippen LogP contribution in [0.1, 0.15) is 19.5 Å². The molecule has 3 rings (SSSR count). The van der Waals surface area contributed by atoms with Crippen LogP contribution in [0.3, 0.4) is 0 Å². The predicted octanol–water partition coefficient (Wildman–Crippen LogP) is -0.417. The summed E-state index contributed by atoms with van der Waals surface area (Å²) >= 11 is 2.24. The monoisotopic (exact) mass is 511 g/mol. The lowest BCUT2D eigenvalue weighted by atomic mass is 9.86. The number of thiazole rings is 1. The molecule has 0 spiro atoms. The van der Waals surface area contributed by atoms with Gasteiger partial charge in [-0.05, 0) is 0 Å². The van der Waals surface area contributed by atoms with E-state index in [9.17, 15) is 29.1 Å². The van der Waals surface area contributed by atoms with E-state index in [1.807, 2.05) is 0 Å². The summed E-state index contributed by atoms with van der Waals surface area (Å²) < 4.78 is 4.79. The molecule has 0 aliphatic carbocycles. The first kappa shape index (κ1) is 25.2. The van der Waals surface area contributed by atoms with E-state index in [1.165, 1.54) is 41.1 Å². The van der Waals surface area contributed by atoms with Crippen LogP contribution in [0.5, 0.6) is 0 Å². The number of amides is 2. The first-order chi connectivity index (χ1) is 16.0. The number of esters is 1. The number of carbonyl (C=O) groups is 5. The van der Waals surface area contributed by atoms with Crippen molar-refractivity contribution in [1.82, 2.24) is 15.2 Å². The number of hydrogen-bond donors (Lipinski definition) is 3. The third-order valence-electron chi connectivity index (χ3n) is 4.88. The van der Waals surface area contributed by atoms with E-state index in [4.69, 9.17) is 10.5 Å². The summed E-state index contributed by atoms with van der Waals surface area (Å²) in [4.78, 5) is 69.4. The zero-order valence-corrected chi connectivity index (χ0v) is 19.7. The maximum Gasteiger partial charge on any atom is 0.332 e. The number of nitrogens with two attached hydrogens (primary N) is 1. The lowest BCUT2D eigenvalue weighted by Crippen LogP contribution is -2.73. The molecule has 2 saturated heterocycles. The Morgan fingerprint density at radius 1 is 1.38 bits per heavy atom. The minimum absolute atomic E-state index is 0.0731. The van der Waals surface area contributed by atoms with Crippen molar-refractivity contribution in [2.45, 2.75) is 25.3 Å². The van der Waals surface area contributed by atoms with Crippen LogP contribution in [-0.2, 0) is 33.5 Å². The molecular weight excluding hydrogens is 490 g/mol. The van der Waals surface area contributed by atoms with Crippen molar-refractivity contribution in [2.24, 2.45) is 10.6 Å². The Balaban J connectivity index is 1.70. The van der Waals surface area contributed by atoms with E-state index in [2.05, 4.69) is 20.3 Å². The summed E-state index contributed by atoms with van der Waals surface area (Å²) in [7, 11) is 0. The highest BCUT2D eigenvalue weighted by molar-refractivity contribution is 8.00. The molecule has 34 heavy (non-hydrogen) atoms. The lowest BCUT2D eigenvalue weighted by Gasteiger charge is -2.53. The van der Waals surface area contributed by atoms with Crippen molar-refractivity contribution in [1.29, 1.82) is 0 Å². The maximum atomic E-state index is 12.8. The number of nitrogens with one attached hydrogen (secondary N) is 1. The van der Waals surface area contributed by atoms with Crippen LogP contribution >= 0.6 is 23.1 Å². The number of aromatic nitrogens is 1. The molecule has 3 atom stereocenters. The van der Waals surface area contributed by atoms with Crippen LogP contribution < -0.4 is 11.1 Å². The van der Waals surface area contributed by atoms with Gasteiger partial charge in [-0.1, -0.05) is 17.3 Å². The summed E-state index contributed by atoms with van der Waals surface area (Å²) in [5.74, 6) is -3.54. The second-order valence-corrected chi connectivity index (χ2v) is 9.37. The number of ether oxygens (including phenoxy) is 1. The molecule has 1 aromatic rings. The number of oxime groups is 1. The van der Waals surface area contributed by atoms with E-state index in [-0.39, 0.29) is 35.4 Å². The molecule has 0 radical (unpaired) electrons. The predicted molar refractivity (Wildman–Crippen MR) is 121 cm³/mol. The van der Waals surface area contributed by atoms with Crippen molar-refractivity contribution in [3.63, 3.8) is 0 Å². The molecule has 2 aliphatic rings. The molecule has 15 heteroatoms. The van der Waals surface area contributed by atoms with Crippen LogP contribution in [0.4, 0.5) is 5.13 Å². The Kier molecular flexibility index (Phi) is 7.56. The zero-order chi connectivity index (χ0) is 25.0. The summed E-state index contributed by atoms with van der Waals surface area (Å²) in [6.07, 6.45) is 2.84. The van der Waals surface area contributed by atoms with Crippen LogP contribution in [0.25, 0.3) is 0 Å². The summed E-state index contributed by atoms with van der Waals surface area (Å²) in [6.45, 7) is 2.14. The van der Waals surface area contributed by atoms with Gasteiger partial charge in [0, 0.05) is 31.5 Å². The molecular formula is C19H21N5O8S2. The number of rotatable bonds is 8. The molecule has 2 aliphatic heterocycles. The van der Waals surface area contributed by atoms with Crippen LogP contribution in [0.2, 0.25) is 0 Å². The quantitative estimate of drug-likeness (QED) is 0.103. The Morgan fingerprint density at radius 2 is 2.12 bits per heavy atom. The molecule has 2 amide bonds. The second-order valence-electron chi connectivity index (χ2n) is 7.38.